The molecule has 0 spiro atoms. The molecule has 0 aromatic rings. The smallest absolute Gasteiger partial charge is 0.0494 e. The zero-order valence-corrected chi connectivity index (χ0v) is 10.5. The molecule has 0 aromatic carbocycles. The van der Waals surface area contributed by atoms with Gasteiger partial charge in [0.2, 0.25) is 0 Å². The monoisotopic (exact) mass is 216 g/mol. The van der Waals surface area contributed by atoms with Gasteiger partial charge in [0.25, 0.3) is 0 Å². The summed E-state index contributed by atoms with van der Waals surface area (Å²) in [5.41, 5.74) is 0. The van der Waals surface area contributed by atoms with Crippen LogP contribution in [0.5, 0.6) is 0 Å². The molecule has 1 unspecified atom stereocenters. The van der Waals surface area contributed by atoms with E-state index in [-0.39, 0.29) is 6.61 Å². The molecule has 15 heavy (non-hydrogen) atoms. The lowest BCUT2D eigenvalue weighted by atomic mass is 10.00. The van der Waals surface area contributed by atoms with Gasteiger partial charge in [0, 0.05) is 19.8 Å². The second-order valence-electron chi connectivity index (χ2n) is 4.28. The minimum atomic E-state index is 0.289. The van der Waals surface area contributed by atoms with Gasteiger partial charge in [-0.15, -0.1) is 0 Å². The highest BCUT2D eigenvalue weighted by atomic mass is 16.5. The summed E-state index contributed by atoms with van der Waals surface area (Å²) in [5, 5.41) is 8.61. The summed E-state index contributed by atoms with van der Waals surface area (Å²) in [4.78, 5) is 0. The van der Waals surface area contributed by atoms with Gasteiger partial charge in [-0.1, -0.05) is 39.5 Å². The van der Waals surface area contributed by atoms with E-state index in [1.807, 2.05) is 0 Å². The quantitative estimate of drug-likeness (QED) is 0.536. The Kier molecular flexibility index (Phi) is 11.9. The van der Waals surface area contributed by atoms with Crippen molar-refractivity contribution in [1.29, 1.82) is 0 Å². The largest absolute Gasteiger partial charge is 0.396 e. The lowest BCUT2D eigenvalue weighted by Crippen LogP contribution is -2.09. The first-order chi connectivity index (χ1) is 7.35. The summed E-state index contributed by atoms with van der Waals surface area (Å²) in [6.45, 7) is 6.49. The summed E-state index contributed by atoms with van der Waals surface area (Å²) >= 11 is 0. The van der Waals surface area contributed by atoms with Crippen molar-refractivity contribution in [3.05, 3.63) is 0 Å². The van der Waals surface area contributed by atoms with E-state index in [1.165, 1.54) is 32.1 Å². The number of rotatable bonds is 11. The average Bonchev–Trinajstić information content (AvgIpc) is 2.26. The number of unbranched alkanes of at least 4 members (excludes halogenated alkanes) is 3. The average molecular weight is 216 g/mol. The van der Waals surface area contributed by atoms with E-state index in [0.717, 1.165) is 32.0 Å². The van der Waals surface area contributed by atoms with Crippen LogP contribution >= 0.6 is 0 Å². The molecule has 0 heterocycles. The van der Waals surface area contributed by atoms with E-state index >= 15 is 0 Å². The molecule has 0 aliphatic carbocycles. The highest BCUT2D eigenvalue weighted by Crippen LogP contribution is 2.14. The van der Waals surface area contributed by atoms with Crippen LogP contribution in [0.1, 0.15) is 58.8 Å². The molecule has 0 amide bonds. The Morgan fingerprint density at radius 2 is 1.87 bits per heavy atom. The van der Waals surface area contributed by atoms with Crippen LogP contribution in [0.15, 0.2) is 0 Å². The molecule has 0 aliphatic rings. The highest BCUT2D eigenvalue weighted by Gasteiger charge is 2.05. The molecule has 0 saturated heterocycles. The minimum Gasteiger partial charge on any atom is -0.396 e. The van der Waals surface area contributed by atoms with Crippen molar-refractivity contribution < 1.29 is 9.84 Å². The summed E-state index contributed by atoms with van der Waals surface area (Å²) in [6.07, 6.45) is 8.38. The molecule has 92 valence electrons. The fourth-order valence-electron chi connectivity index (χ4n) is 1.65. The zero-order valence-electron chi connectivity index (χ0n) is 10.5. The van der Waals surface area contributed by atoms with Crippen LogP contribution in [-0.4, -0.2) is 24.9 Å². The first-order valence-electron chi connectivity index (χ1n) is 6.53. The topological polar surface area (TPSA) is 29.5 Å². The second kappa shape index (κ2) is 12.0. The van der Waals surface area contributed by atoms with Crippen LogP contribution in [0.3, 0.4) is 0 Å². The lowest BCUT2D eigenvalue weighted by molar-refractivity contribution is 0.0879. The van der Waals surface area contributed by atoms with E-state index < -0.39 is 0 Å². The number of aliphatic hydroxyl groups is 1. The molecule has 2 nitrogen and oxygen atoms in total. The Labute approximate surface area is 95.0 Å². The fraction of sp³-hybridized carbons (Fsp3) is 1.00. The molecule has 0 aliphatic heterocycles. The SMILES string of the molecule is CCCCCC(CC)COCCCCO. The molecule has 0 bridgehead atoms. The molecule has 0 saturated carbocycles. The van der Waals surface area contributed by atoms with E-state index in [1.54, 1.807) is 0 Å². The maximum atomic E-state index is 8.61. The highest BCUT2D eigenvalue weighted by molar-refractivity contribution is 4.56. The van der Waals surface area contributed by atoms with E-state index in [4.69, 9.17) is 9.84 Å². The molecule has 0 aromatic heterocycles. The van der Waals surface area contributed by atoms with E-state index in [0.29, 0.717) is 0 Å². The molecule has 1 atom stereocenters. The normalized spacial score (nSPS) is 13.0. The van der Waals surface area contributed by atoms with Gasteiger partial charge in [-0.2, -0.15) is 0 Å². The van der Waals surface area contributed by atoms with Gasteiger partial charge in [0.05, 0.1) is 0 Å². The fourth-order valence-corrected chi connectivity index (χ4v) is 1.65. The Morgan fingerprint density at radius 1 is 1.07 bits per heavy atom. The Balaban J connectivity index is 3.28. The number of aliphatic hydroxyl groups excluding tert-OH is 1. The van der Waals surface area contributed by atoms with Crippen LogP contribution in [0, 0.1) is 5.92 Å². The van der Waals surface area contributed by atoms with Gasteiger partial charge in [-0.3, -0.25) is 0 Å². The van der Waals surface area contributed by atoms with Gasteiger partial charge < -0.3 is 9.84 Å². The lowest BCUT2D eigenvalue weighted by Gasteiger charge is -2.14. The third-order valence-electron chi connectivity index (χ3n) is 2.84. The van der Waals surface area contributed by atoms with Crippen molar-refractivity contribution in [2.24, 2.45) is 5.92 Å². The van der Waals surface area contributed by atoms with Crippen molar-refractivity contribution in [2.75, 3.05) is 19.8 Å². The van der Waals surface area contributed by atoms with Crippen molar-refractivity contribution in [2.45, 2.75) is 58.8 Å². The number of hydrogen-bond donors (Lipinski definition) is 1. The summed E-state index contributed by atoms with van der Waals surface area (Å²) < 4.78 is 5.61. The summed E-state index contributed by atoms with van der Waals surface area (Å²) in [7, 11) is 0. The summed E-state index contributed by atoms with van der Waals surface area (Å²) in [6, 6.07) is 0. The molecule has 0 radical (unpaired) electrons. The van der Waals surface area contributed by atoms with Crippen molar-refractivity contribution in [3.8, 4) is 0 Å². The van der Waals surface area contributed by atoms with Crippen molar-refractivity contribution in [1.82, 2.24) is 0 Å². The van der Waals surface area contributed by atoms with Gasteiger partial charge in [0.1, 0.15) is 0 Å². The van der Waals surface area contributed by atoms with Gasteiger partial charge in [-0.25, -0.2) is 0 Å². The van der Waals surface area contributed by atoms with E-state index in [9.17, 15) is 0 Å². The number of ether oxygens (including phenoxy) is 1. The predicted molar refractivity (Wildman–Crippen MR) is 65.1 cm³/mol. The van der Waals surface area contributed by atoms with Crippen LogP contribution in [0.2, 0.25) is 0 Å². The predicted octanol–water partition coefficient (Wildman–Crippen LogP) is 3.38. The third-order valence-corrected chi connectivity index (χ3v) is 2.84. The van der Waals surface area contributed by atoms with Gasteiger partial charge in [-0.05, 0) is 25.2 Å². The Hall–Kier alpha value is -0.0800. The van der Waals surface area contributed by atoms with Gasteiger partial charge in [0.15, 0.2) is 0 Å². The number of hydrogen-bond acceptors (Lipinski definition) is 2. The third kappa shape index (κ3) is 10.2. The first kappa shape index (κ1) is 14.9. The Bertz CT molecular complexity index is 115. The van der Waals surface area contributed by atoms with Crippen LogP contribution < -0.4 is 0 Å². The summed E-state index contributed by atoms with van der Waals surface area (Å²) in [5.74, 6) is 0.741. The molecular weight excluding hydrogens is 188 g/mol. The molecule has 0 rings (SSSR count). The zero-order chi connectivity index (χ0) is 11.4. The van der Waals surface area contributed by atoms with Crippen LogP contribution in [-0.2, 0) is 4.74 Å². The Morgan fingerprint density at radius 3 is 2.47 bits per heavy atom. The van der Waals surface area contributed by atoms with Crippen LogP contribution in [0.25, 0.3) is 0 Å². The molecular formula is C13H28O2. The molecule has 1 N–H and O–H groups in total. The molecule has 2 heteroatoms. The second-order valence-corrected chi connectivity index (χ2v) is 4.28. The van der Waals surface area contributed by atoms with E-state index in [2.05, 4.69) is 13.8 Å². The maximum Gasteiger partial charge on any atom is 0.0494 e. The molecule has 0 fully saturated rings. The van der Waals surface area contributed by atoms with Crippen LogP contribution in [0.4, 0.5) is 0 Å². The van der Waals surface area contributed by atoms with Gasteiger partial charge >= 0.3 is 0 Å². The van der Waals surface area contributed by atoms with Crippen molar-refractivity contribution in [3.63, 3.8) is 0 Å². The van der Waals surface area contributed by atoms with Crippen molar-refractivity contribution >= 4 is 0 Å². The minimum absolute atomic E-state index is 0.289. The first-order valence-corrected chi connectivity index (χ1v) is 6.53. The maximum absolute atomic E-state index is 8.61. The standard InChI is InChI=1S/C13H28O2/c1-3-5-6-9-13(4-2)12-15-11-8-7-10-14/h13-14H,3-12H2,1-2H3.